The highest BCUT2D eigenvalue weighted by Gasteiger charge is 2.24. The molecule has 4 rings (SSSR count). The molecule has 9 nitrogen and oxygen atoms in total. The lowest BCUT2D eigenvalue weighted by Crippen LogP contribution is -2.44. The van der Waals surface area contributed by atoms with Gasteiger partial charge in [0.2, 0.25) is 5.95 Å². The number of nitrogens with one attached hydrogen (secondary N) is 1. The van der Waals surface area contributed by atoms with Crippen molar-refractivity contribution in [2.45, 2.75) is 33.0 Å². The molecule has 3 heterocycles. The lowest BCUT2D eigenvalue weighted by molar-refractivity contribution is 0.153. The van der Waals surface area contributed by atoms with Crippen LogP contribution in [0.4, 0.5) is 5.95 Å². The number of aliphatic hydroxyl groups is 1. The third-order valence-electron chi connectivity index (χ3n) is 5.83. The zero-order chi connectivity index (χ0) is 22.8. The van der Waals surface area contributed by atoms with Crippen LogP contribution < -0.4 is 21.5 Å². The molecule has 0 spiro atoms. The second kappa shape index (κ2) is 9.13. The first-order valence-corrected chi connectivity index (χ1v) is 10.9. The average Bonchev–Trinajstić information content (AvgIpc) is 3.20. The number of hydrogen-bond acceptors (Lipinski definition) is 6. The summed E-state index contributed by atoms with van der Waals surface area (Å²) in [7, 11) is 1.62. The Balaban J connectivity index is 1.88. The summed E-state index contributed by atoms with van der Waals surface area (Å²) in [5, 5.41) is 14.0. The number of aliphatic hydroxyl groups excluding tert-OH is 1. The number of aromatic nitrogens is 4. The minimum atomic E-state index is -0.971. The topological polar surface area (TPSA) is 97.3 Å². The summed E-state index contributed by atoms with van der Waals surface area (Å²) in [5.74, 6) is 0.687. The quantitative estimate of drug-likeness (QED) is 0.558. The van der Waals surface area contributed by atoms with Crippen LogP contribution in [-0.4, -0.2) is 50.0 Å². The van der Waals surface area contributed by atoms with E-state index in [-0.39, 0.29) is 6.54 Å². The molecule has 1 saturated heterocycles. The summed E-state index contributed by atoms with van der Waals surface area (Å²) >= 11 is 0. The van der Waals surface area contributed by atoms with Crippen LogP contribution in [0.1, 0.15) is 25.5 Å². The van der Waals surface area contributed by atoms with Crippen molar-refractivity contribution in [2.24, 2.45) is 7.05 Å². The molecule has 0 saturated carbocycles. The summed E-state index contributed by atoms with van der Waals surface area (Å²) < 4.78 is 4.40. The van der Waals surface area contributed by atoms with Crippen molar-refractivity contribution in [2.75, 3.05) is 31.1 Å². The molecule has 32 heavy (non-hydrogen) atoms. The Morgan fingerprint density at radius 2 is 1.84 bits per heavy atom. The number of rotatable bonds is 6. The highest BCUT2D eigenvalue weighted by molar-refractivity contribution is 5.74. The summed E-state index contributed by atoms with van der Waals surface area (Å²) in [6, 6.07) is 9.04. The molecule has 1 atom stereocenters. The Hall–Kier alpha value is -3.17. The van der Waals surface area contributed by atoms with Gasteiger partial charge in [0.15, 0.2) is 11.2 Å². The van der Waals surface area contributed by atoms with Crippen molar-refractivity contribution in [3.05, 3.63) is 68.4 Å². The molecule has 2 N–H and O–H groups in total. The molecule has 0 radical (unpaired) electrons. The van der Waals surface area contributed by atoms with Gasteiger partial charge in [0.05, 0.1) is 12.6 Å². The van der Waals surface area contributed by atoms with Gasteiger partial charge in [-0.2, -0.15) is 4.98 Å². The van der Waals surface area contributed by atoms with Crippen LogP contribution >= 0.6 is 0 Å². The fourth-order valence-electron chi connectivity index (χ4n) is 4.03. The van der Waals surface area contributed by atoms with Crippen molar-refractivity contribution >= 4 is 17.1 Å². The van der Waals surface area contributed by atoms with Crippen molar-refractivity contribution in [3.8, 4) is 0 Å². The number of imidazole rings is 1. The number of aryl methyl sites for hydroxylation is 1. The van der Waals surface area contributed by atoms with E-state index in [1.165, 1.54) is 4.57 Å². The van der Waals surface area contributed by atoms with E-state index in [0.29, 0.717) is 29.2 Å². The number of nitrogens with zero attached hydrogens (tertiary/aromatic N) is 5. The number of fused-ring (bicyclic) bond motifs is 1. The maximum Gasteiger partial charge on any atom is 0.332 e. The van der Waals surface area contributed by atoms with E-state index in [4.69, 9.17) is 4.98 Å². The van der Waals surface area contributed by atoms with Gasteiger partial charge < -0.3 is 19.9 Å². The molecule has 170 valence electrons. The first-order valence-electron chi connectivity index (χ1n) is 10.9. The predicted octanol–water partition coefficient (Wildman–Crippen LogP) is 1.01. The molecule has 1 fully saturated rings. The van der Waals surface area contributed by atoms with Crippen LogP contribution in [0, 0.1) is 0 Å². The lowest BCUT2D eigenvalue weighted by Gasteiger charge is -2.28. The van der Waals surface area contributed by atoms with E-state index in [1.807, 2.05) is 42.7 Å². The van der Waals surface area contributed by atoms with Gasteiger partial charge in [-0.25, -0.2) is 4.79 Å². The molecule has 1 aliphatic rings. The number of hydrogen-bond donors (Lipinski definition) is 2. The molecule has 1 unspecified atom stereocenters. The minimum Gasteiger partial charge on any atom is -0.387 e. The van der Waals surface area contributed by atoms with E-state index in [2.05, 4.69) is 10.2 Å². The van der Waals surface area contributed by atoms with Crippen LogP contribution in [0.15, 0.2) is 51.6 Å². The molecule has 1 aliphatic heterocycles. The zero-order valence-corrected chi connectivity index (χ0v) is 18.8. The highest BCUT2D eigenvalue weighted by Crippen LogP contribution is 2.21. The number of allylic oxidation sites excluding steroid dienone is 2. The Labute approximate surface area is 186 Å². The van der Waals surface area contributed by atoms with Gasteiger partial charge >= 0.3 is 5.69 Å². The van der Waals surface area contributed by atoms with Crippen LogP contribution in [0.5, 0.6) is 0 Å². The number of benzene rings is 1. The molecule has 2 aromatic heterocycles. The van der Waals surface area contributed by atoms with E-state index < -0.39 is 17.4 Å². The maximum absolute atomic E-state index is 13.6. The van der Waals surface area contributed by atoms with E-state index >= 15 is 0 Å². The number of anilines is 1. The van der Waals surface area contributed by atoms with Crippen molar-refractivity contribution in [1.82, 2.24) is 24.0 Å². The summed E-state index contributed by atoms with van der Waals surface area (Å²) in [5.41, 5.74) is 1.59. The van der Waals surface area contributed by atoms with Gasteiger partial charge in [0.1, 0.15) is 0 Å². The molecule has 0 aliphatic carbocycles. The Morgan fingerprint density at radius 3 is 2.50 bits per heavy atom. The van der Waals surface area contributed by atoms with Crippen molar-refractivity contribution in [3.63, 3.8) is 0 Å². The van der Waals surface area contributed by atoms with Gasteiger partial charge in [-0.1, -0.05) is 42.0 Å². The molecule has 3 aromatic rings. The van der Waals surface area contributed by atoms with Crippen LogP contribution in [0.3, 0.4) is 0 Å². The average molecular weight is 439 g/mol. The molecule has 9 heteroatoms. The highest BCUT2D eigenvalue weighted by atomic mass is 16.3. The number of piperazine rings is 1. The third-order valence-corrected chi connectivity index (χ3v) is 5.83. The second-order valence-electron chi connectivity index (χ2n) is 8.40. The second-order valence-corrected chi connectivity index (χ2v) is 8.40. The van der Waals surface area contributed by atoms with Crippen LogP contribution in [0.2, 0.25) is 0 Å². The third kappa shape index (κ3) is 4.13. The molecular weight excluding hydrogens is 408 g/mol. The zero-order valence-electron chi connectivity index (χ0n) is 18.8. The Morgan fingerprint density at radius 1 is 1.16 bits per heavy atom. The Bertz CT molecular complexity index is 1240. The SMILES string of the molecule is CC(C)=CCn1c(N2CCNCC2)nc2c1c(=O)n(CC(O)c1ccccc1)c(=O)n2C. The van der Waals surface area contributed by atoms with Gasteiger partial charge in [-0.05, 0) is 19.4 Å². The van der Waals surface area contributed by atoms with E-state index in [9.17, 15) is 14.7 Å². The summed E-state index contributed by atoms with van der Waals surface area (Å²) in [4.78, 5) is 33.5. The van der Waals surface area contributed by atoms with Gasteiger partial charge in [0.25, 0.3) is 5.56 Å². The van der Waals surface area contributed by atoms with Gasteiger partial charge in [-0.15, -0.1) is 0 Å². The molecule has 1 aromatic carbocycles. The molecule has 0 bridgehead atoms. The summed E-state index contributed by atoms with van der Waals surface area (Å²) in [6.07, 6.45) is 1.07. The maximum atomic E-state index is 13.6. The fraction of sp³-hybridized carbons (Fsp3) is 0.435. The first kappa shape index (κ1) is 22.0. The smallest absolute Gasteiger partial charge is 0.332 e. The Kier molecular flexibility index (Phi) is 6.29. The van der Waals surface area contributed by atoms with Crippen molar-refractivity contribution in [1.29, 1.82) is 0 Å². The molecule has 0 amide bonds. The first-order chi connectivity index (χ1) is 15.4. The van der Waals surface area contributed by atoms with Crippen molar-refractivity contribution < 1.29 is 5.11 Å². The molecular formula is C23H30N6O3. The van der Waals surface area contributed by atoms with Gasteiger partial charge in [-0.3, -0.25) is 13.9 Å². The minimum absolute atomic E-state index is 0.123. The summed E-state index contributed by atoms with van der Waals surface area (Å²) in [6.45, 7) is 7.58. The monoisotopic (exact) mass is 438 g/mol. The fourth-order valence-corrected chi connectivity index (χ4v) is 4.03. The largest absolute Gasteiger partial charge is 0.387 e. The van der Waals surface area contributed by atoms with Crippen LogP contribution in [-0.2, 0) is 20.1 Å². The lowest BCUT2D eigenvalue weighted by atomic mass is 10.1. The standard InChI is InChI=1S/C23H30N6O3/c1-16(2)9-12-28-19-20(25-22(28)27-13-10-24-11-14-27)26(3)23(32)29(21(19)31)15-18(30)17-7-5-4-6-8-17/h4-9,18,24,30H,10-15H2,1-3H3. The van der Waals surface area contributed by atoms with E-state index in [1.54, 1.807) is 19.2 Å². The van der Waals surface area contributed by atoms with Gasteiger partial charge in [0, 0.05) is 39.8 Å². The normalized spacial score (nSPS) is 15.2. The van der Waals surface area contributed by atoms with E-state index in [0.717, 1.165) is 36.3 Å². The van der Waals surface area contributed by atoms with Crippen LogP contribution in [0.25, 0.3) is 11.2 Å². The predicted molar refractivity (Wildman–Crippen MR) is 125 cm³/mol.